The summed E-state index contributed by atoms with van der Waals surface area (Å²) in [5.74, 6) is 0.718. The SMILES string of the molecule is COc1ccc(-c2cnc3c(-c4cncc(C(=O)NC5CC5)c4)cnn3c2)cc1. The van der Waals surface area contributed by atoms with Crippen LogP contribution < -0.4 is 10.1 Å². The maximum Gasteiger partial charge on any atom is 0.253 e. The van der Waals surface area contributed by atoms with Crippen LogP contribution in [0, 0.1) is 0 Å². The number of amides is 1. The van der Waals surface area contributed by atoms with Gasteiger partial charge in [-0.25, -0.2) is 9.50 Å². The predicted octanol–water partition coefficient (Wildman–Crippen LogP) is 3.36. The molecule has 0 aliphatic heterocycles. The molecule has 29 heavy (non-hydrogen) atoms. The topological polar surface area (TPSA) is 81.4 Å². The highest BCUT2D eigenvalue weighted by molar-refractivity contribution is 5.96. The number of carbonyl (C=O) groups excluding carboxylic acids is 1. The van der Waals surface area contributed by atoms with Gasteiger partial charge in [0.1, 0.15) is 5.75 Å². The van der Waals surface area contributed by atoms with Crippen molar-refractivity contribution in [2.45, 2.75) is 18.9 Å². The van der Waals surface area contributed by atoms with Crippen molar-refractivity contribution < 1.29 is 9.53 Å². The zero-order valence-electron chi connectivity index (χ0n) is 15.9. The minimum atomic E-state index is -0.0897. The maximum absolute atomic E-state index is 12.3. The molecule has 7 nitrogen and oxygen atoms in total. The molecule has 1 fully saturated rings. The fraction of sp³-hybridized carbons (Fsp3) is 0.182. The van der Waals surface area contributed by atoms with Crippen molar-refractivity contribution in [3.8, 4) is 28.0 Å². The number of rotatable bonds is 5. The average Bonchev–Trinajstić information content (AvgIpc) is 3.48. The first kappa shape index (κ1) is 17.4. The lowest BCUT2D eigenvalue weighted by molar-refractivity contribution is 0.0950. The lowest BCUT2D eigenvalue weighted by Crippen LogP contribution is -2.25. The van der Waals surface area contributed by atoms with E-state index in [2.05, 4.69) is 20.4 Å². The Morgan fingerprint density at radius 1 is 1.07 bits per heavy atom. The van der Waals surface area contributed by atoms with Crippen LogP contribution in [-0.4, -0.2) is 38.6 Å². The Hall–Kier alpha value is -3.74. The molecule has 0 unspecified atom stereocenters. The average molecular weight is 385 g/mol. The normalized spacial score (nSPS) is 13.4. The zero-order valence-corrected chi connectivity index (χ0v) is 15.9. The first-order valence-corrected chi connectivity index (χ1v) is 9.45. The van der Waals surface area contributed by atoms with E-state index in [0.29, 0.717) is 17.3 Å². The van der Waals surface area contributed by atoms with Gasteiger partial charge in [0.2, 0.25) is 0 Å². The summed E-state index contributed by atoms with van der Waals surface area (Å²) in [4.78, 5) is 21.2. The number of fused-ring (bicyclic) bond motifs is 1. The number of pyridine rings is 1. The van der Waals surface area contributed by atoms with Gasteiger partial charge in [-0.05, 0) is 36.6 Å². The minimum Gasteiger partial charge on any atom is -0.497 e. The van der Waals surface area contributed by atoms with E-state index in [9.17, 15) is 4.79 Å². The molecular weight excluding hydrogens is 366 g/mol. The fourth-order valence-electron chi connectivity index (χ4n) is 3.22. The van der Waals surface area contributed by atoms with Crippen LogP contribution in [0.3, 0.4) is 0 Å². The Kier molecular flexibility index (Phi) is 4.20. The number of benzene rings is 1. The second-order valence-corrected chi connectivity index (χ2v) is 7.11. The molecule has 0 spiro atoms. The molecule has 1 saturated carbocycles. The zero-order chi connectivity index (χ0) is 19.8. The Morgan fingerprint density at radius 3 is 2.66 bits per heavy atom. The summed E-state index contributed by atoms with van der Waals surface area (Å²) >= 11 is 0. The molecule has 1 aliphatic carbocycles. The molecule has 3 aromatic heterocycles. The molecule has 5 rings (SSSR count). The Labute approximate surface area is 167 Å². The molecular formula is C22H19N5O2. The van der Waals surface area contributed by atoms with E-state index in [1.807, 2.05) is 42.7 Å². The monoisotopic (exact) mass is 385 g/mol. The molecule has 3 heterocycles. The maximum atomic E-state index is 12.3. The van der Waals surface area contributed by atoms with E-state index in [-0.39, 0.29) is 5.91 Å². The van der Waals surface area contributed by atoms with Gasteiger partial charge in [0.25, 0.3) is 5.91 Å². The first-order chi connectivity index (χ1) is 14.2. The summed E-state index contributed by atoms with van der Waals surface area (Å²) in [6.07, 6.45) is 10.9. The van der Waals surface area contributed by atoms with Crippen molar-refractivity contribution in [3.63, 3.8) is 0 Å². The van der Waals surface area contributed by atoms with Crippen LogP contribution in [0.25, 0.3) is 27.9 Å². The van der Waals surface area contributed by atoms with Crippen LogP contribution in [0.4, 0.5) is 0 Å². The van der Waals surface area contributed by atoms with Gasteiger partial charge in [-0.2, -0.15) is 5.10 Å². The molecule has 0 atom stereocenters. The van der Waals surface area contributed by atoms with E-state index in [1.54, 1.807) is 30.2 Å². The second-order valence-electron chi connectivity index (χ2n) is 7.11. The quantitative estimate of drug-likeness (QED) is 0.570. The predicted molar refractivity (Wildman–Crippen MR) is 109 cm³/mol. The van der Waals surface area contributed by atoms with E-state index < -0.39 is 0 Å². The number of carbonyl (C=O) groups is 1. The molecule has 7 heteroatoms. The lowest BCUT2D eigenvalue weighted by atomic mass is 10.1. The standard InChI is InChI=1S/C22H19N5O2/c1-29-19-6-2-14(3-7-19)17-11-24-21-20(12-25-27(21)13-17)15-8-16(10-23-9-15)22(28)26-18-4-5-18/h2-3,6-13,18H,4-5H2,1H3,(H,26,28). The molecule has 1 aromatic carbocycles. The molecule has 4 aromatic rings. The third kappa shape index (κ3) is 3.42. The van der Waals surface area contributed by atoms with Gasteiger partial charge in [-0.15, -0.1) is 0 Å². The molecule has 0 bridgehead atoms. The van der Waals surface area contributed by atoms with Gasteiger partial charge >= 0.3 is 0 Å². The molecule has 1 amide bonds. The van der Waals surface area contributed by atoms with Crippen LogP contribution >= 0.6 is 0 Å². The Bertz CT molecular complexity index is 1200. The number of ether oxygens (including phenoxy) is 1. The Morgan fingerprint density at radius 2 is 1.90 bits per heavy atom. The molecule has 0 saturated heterocycles. The summed E-state index contributed by atoms with van der Waals surface area (Å²) in [5, 5.41) is 7.44. The van der Waals surface area contributed by atoms with E-state index in [0.717, 1.165) is 40.8 Å². The summed E-state index contributed by atoms with van der Waals surface area (Å²) in [6, 6.07) is 9.94. The fourth-order valence-corrected chi connectivity index (χ4v) is 3.22. The first-order valence-electron chi connectivity index (χ1n) is 9.45. The summed E-state index contributed by atoms with van der Waals surface area (Å²) < 4.78 is 6.95. The number of methoxy groups -OCH3 is 1. The highest BCUT2D eigenvalue weighted by Gasteiger charge is 2.24. The van der Waals surface area contributed by atoms with Crippen molar-refractivity contribution in [2.75, 3.05) is 7.11 Å². The van der Waals surface area contributed by atoms with Crippen LogP contribution in [0.2, 0.25) is 0 Å². The van der Waals surface area contributed by atoms with Gasteiger partial charge in [0.05, 0.1) is 18.9 Å². The Balaban J connectivity index is 1.47. The van der Waals surface area contributed by atoms with E-state index in [4.69, 9.17) is 4.74 Å². The van der Waals surface area contributed by atoms with E-state index in [1.165, 1.54) is 0 Å². The van der Waals surface area contributed by atoms with Crippen LogP contribution in [0.5, 0.6) is 5.75 Å². The number of nitrogens with zero attached hydrogens (tertiary/aromatic N) is 4. The van der Waals surface area contributed by atoms with E-state index >= 15 is 0 Å². The molecule has 0 radical (unpaired) electrons. The lowest BCUT2D eigenvalue weighted by Gasteiger charge is -2.06. The van der Waals surface area contributed by atoms with Gasteiger partial charge in [0.15, 0.2) is 5.65 Å². The second kappa shape index (κ2) is 7.01. The number of hydrogen-bond donors (Lipinski definition) is 1. The van der Waals surface area contributed by atoms with Crippen molar-refractivity contribution in [3.05, 3.63) is 66.9 Å². The highest BCUT2D eigenvalue weighted by atomic mass is 16.5. The van der Waals surface area contributed by atoms with Gasteiger partial charge in [-0.1, -0.05) is 12.1 Å². The van der Waals surface area contributed by atoms with Gasteiger partial charge in [0, 0.05) is 47.5 Å². The third-order valence-electron chi connectivity index (χ3n) is 5.00. The number of nitrogens with one attached hydrogen (secondary N) is 1. The van der Waals surface area contributed by atoms with Crippen molar-refractivity contribution >= 4 is 11.6 Å². The number of aromatic nitrogens is 4. The van der Waals surface area contributed by atoms with Crippen LogP contribution in [0.15, 0.2) is 61.3 Å². The minimum absolute atomic E-state index is 0.0897. The van der Waals surface area contributed by atoms with Crippen molar-refractivity contribution in [2.24, 2.45) is 0 Å². The van der Waals surface area contributed by atoms with Gasteiger partial charge in [-0.3, -0.25) is 9.78 Å². The highest BCUT2D eigenvalue weighted by Crippen LogP contribution is 2.27. The molecule has 1 aliphatic rings. The summed E-state index contributed by atoms with van der Waals surface area (Å²) in [6.45, 7) is 0. The van der Waals surface area contributed by atoms with Crippen molar-refractivity contribution in [1.29, 1.82) is 0 Å². The summed E-state index contributed by atoms with van der Waals surface area (Å²) in [7, 11) is 1.65. The third-order valence-corrected chi connectivity index (χ3v) is 5.00. The van der Waals surface area contributed by atoms with Crippen LogP contribution in [-0.2, 0) is 0 Å². The molecule has 1 N–H and O–H groups in total. The van der Waals surface area contributed by atoms with Gasteiger partial charge < -0.3 is 10.1 Å². The smallest absolute Gasteiger partial charge is 0.253 e. The number of hydrogen-bond acceptors (Lipinski definition) is 5. The molecule has 144 valence electrons. The summed E-state index contributed by atoms with van der Waals surface area (Å²) in [5.41, 5.74) is 4.88. The largest absolute Gasteiger partial charge is 0.497 e. The van der Waals surface area contributed by atoms with Crippen molar-refractivity contribution in [1.82, 2.24) is 24.9 Å². The van der Waals surface area contributed by atoms with Crippen LogP contribution in [0.1, 0.15) is 23.2 Å².